The summed E-state index contributed by atoms with van der Waals surface area (Å²) in [5.74, 6) is -0.339. The molecule has 2 aromatic rings. The first kappa shape index (κ1) is 24.0. The summed E-state index contributed by atoms with van der Waals surface area (Å²) < 4.78 is 49.5. The van der Waals surface area contributed by atoms with E-state index < -0.39 is 23.8 Å². The normalized spacial score (nSPS) is 13.1. The van der Waals surface area contributed by atoms with Gasteiger partial charge in [-0.1, -0.05) is 24.3 Å². The van der Waals surface area contributed by atoms with Crippen molar-refractivity contribution >= 4 is 11.8 Å². The van der Waals surface area contributed by atoms with Crippen molar-refractivity contribution in [1.82, 2.24) is 10.6 Å². The average molecular weight is 438 g/mol. The highest BCUT2D eigenvalue weighted by molar-refractivity contribution is 5.79. The fourth-order valence-electron chi connectivity index (χ4n) is 2.94. The lowest BCUT2D eigenvalue weighted by Crippen LogP contribution is -2.39. The number of nitrogens with one attached hydrogen (secondary N) is 2. The Morgan fingerprint density at radius 3 is 2.26 bits per heavy atom. The number of benzene rings is 2. The monoisotopic (exact) mass is 438 g/mol. The van der Waals surface area contributed by atoms with Crippen molar-refractivity contribution in [3.63, 3.8) is 0 Å². The van der Waals surface area contributed by atoms with E-state index in [9.17, 15) is 22.8 Å². The summed E-state index contributed by atoms with van der Waals surface area (Å²) in [6.45, 7) is 2.82. The van der Waals surface area contributed by atoms with Gasteiger partial charge in [-0.3, -0.25) is 9.59 Å². The van der Waals surface area contributed by atoms with Crippen molar-refractivity contribution in [2.75, 3.05) is 13.7 Å². The lowest BCUT2D eigenvalue weighted by Gasteiger charge is -2.21. The van der Waals surface area contributed by atoms with Gasteiger partial charge in [-0.25, -0.2) is 0 Å². The molecule has 0 spiro atoms. The van der Waals surface area contributed by atoms with E-state index in [0.717, 1.165) is 6.07 Å². The van der Waals surface area contributed by atoms with Gasteiger partial charge in [0.15, 0.2) is 0 Å². The number of hydrogen-bond donors (Lipinski definition) is 2. The summed E-state index contributed by atoms with van der Waals surface area (Å²) in [5.41, 5.74) is -0.159. The van der Waals surface area contributed by atoms with Crippen LogP contribution in [-0.2, 0) is 15.8 Å². The van der Waals surface area contributed by atoms with Gasteiger partial charge in [0.05, 0.1) is 31.2 Å². The number of methoxy groups -OCH3 is 1. The van der Waals surface area contributed by atoms with Gasteiger partial charge in [0.1, 0.15) is 18.1 Å². The number of halogens is 3. The highest BCUT2D eigenvalue weighted by atomic mass is 19.4. The van der Waals surface area contributed by atoms with Crippen LogP contribution < -0.4 is 20.1 Å². The zero-order valence-electron chi connectivity index (χ0n) is 17.5. The van der Waals surface area contributed by atoms with Crippen LogP contribution in [0.15, 0.2) is 48.5 Å². The third-order valence-corrected chi connectivity index (χ3v) is 4.37. The summed E-state index contributed by atoms with van der Waals surface area (Å²) in [7, 11) is 1.53. The lowest BCUT2D eigenvalue weighted by molar-refractivity contribution is -0.139. The molecule has 2 aromatic carbocycles. The molecule has 2 amide bonds. The minimum atomic E-state index is -4.53. The van der Waals surface area contributed by atoms with Crippen LogP contribution in [0, 0.1) is 0 Å². The van der Waals surface area contributed by atoms with E-state index in [-0.39, 0.29) is 30.6 Å². The van der Waals surface area contributed by atoms with Gasteiger partial charge >= 0.3 is 6.18 Å². The van der Waals surface area contributed by atoms with Gasteiger partial charge in [0, 0.05) is 6.92 Å². The van der Waals surface area contributed by atoms with Crippen LogP contribution in [0.5, 0.6) is 11.5 Å². The van der Waals surface area contributed by atoms with Crippen LogP contribution in [0.25, 0.3) is 0 Å². The molecule has 0 aliphatic carbocycles. The number of ether oxygens (including phenoxy) is 2. The molecule has 2 N–H and O–H groups in total. The molecule has 0 aliphatic rings. The predicted octanol–water partition coefficient (Wildman–Crippen LogP) is 3.87. The first-order chi connectivity index (χ1) is 14.6. The first-order valence-corrected chi connectivity index (χ1v) is 9.59. The molecule has 0 saturated carbocycles. The molecule has 0 saturated heterocycles. The van der Waals surface area contributed by atoms with E-state index in [0.29, 0.717) is 11.3 Å². The molecule has 2 unspecified atom stereocenters. The highest BCUT2D eigenvalue weighted by Crippen LogP contribution is 2.35. The summed E-state index contributed by atoms with van der Waals surface area (Å²) in [6, 6.07) is 10.7. The second-order valence-corrected chi connectivity index (χ2v) is 7.00. The fourth-order valence-corrected chi connectivity index (χ4v) is 2.94. The van der Waals surface area contributed by atoms with Gasteiger partial charge in [-0.15, -0.1) is 0 Å². The van der Waals surface area contributed by atoms with E-state index in [2.05, 4.69) is 10.6 Å². The Morgan fingerprint density at radius 2 is 1.68 bits per heavy atom. The van der Waals surface area contributed by atoms with E-state index in [4.69, 9.17) is 9.47 Å². The molecular weight excluding hydrogens is 413 g/mol. The number of rotatable bonds is 9. The Kier molecular flexibility index (Phi) is 8.30. The van der Waals surface area contributed by atoms with Crippen molar-refractivity contribution in [3.8, 4) is 11.5 Å². The van der Waals surface area contributed by atoms with E-state index in [1.54, 1.807) is 31.2 Å². The van der Waals surface area contributed by atoms with Crippen LogP contribution >= 0.6 is 0 Å². The molecule has 0 heterocycles. The molecule has 0 aliphatic heterocycles. The predicted molar refractivity (Wildman–Crippen MR) is 109 cm³/mol. The molecule has 168 valence electrons. The highest BCUT2D eigenvalue weighted by Gasteiger charge is 2.34. The standard InChI is InChI=1S/C22H25F3N2O4/c1-14(13-31-20-7-5-4-6-18(20)22(23,24)25)26-21(29)12-19(27-15(2)28)16-8-10-17(30-3)11-9-16/h4-11,14,19H,12-13H2,1-3H3,(H,26,29)(H,27,28). The molecule has 0 bridgehead atoms. The minimum Gasteiger partial charge on any atom is -0.497 e. The van der Waals surface area contributed by atoms with Crippen molar-refractivity contribution in [1.29, 1.82) is 0 Å². The third kappa shape index (κ3) is 7.51. The maximum atomic E-state index is 13.0. The molecule has 0 fully saturated rings. The van der Waals surface area contributed by atoms with Gasteiger partial charge in [-0.2, -0.15) is 13.2 Å². The van der Waals surface area contributed by atoms with Crippen molar-refractivity contribution in [2.45, 2.75) is 38.5 Å². The number of amides is 2. The molecule has 2 atom stereocenters. The molecule has 31 heavy (non-hydrogen) atoms. The van der Waals surface area contributed by atoms with E-state index in [1.807, 2.05) is 0 Å². The number of carbonyl (C=O) groups excluding carboxylic acids is 2. The topological polar surface area (TPSA) is 76.7 Å². The van der Waals surface area contributed by atoms with Gasteiger partial charge in [0.25, 0.3) is 0 Å². The third-order valence-electron chi connectivity index (χ3n) is 4.37. The number of hydrogen-bond acceptors (Lipinski definition) is 4. The van der Waals surface area contributed by atoms with Gasteiger partial charge in [0.2, 0.25) is 11.8 Å². The molecule has 6 nitrogen and oxygen atoms in total. The minimum absolute atomic E-state index is 0.0462. The van der Waals surface area contributed by atoms with Crippen molar-refractivity contribution in [3.05, 3.63) is 59.7 Å². The summed E-state index contributed by atoms with van der Waals surface area (Å²) in [4.78, 5) is 24.0. The SMILES string of the molecule is COc1ccc(C(CC(=O)NC(C)COc2ccccc2C(F)(F)F)NC(C)=O)cc1. The van der Waals surface area contributed by atoms with Crippen molar-refractivity contribution < 1.29 is 32.2 Å². The van der Waals surface area contributed by atoms with Crippen LogP contribution in [0.4, 0.5) is 13.2 Å². The molecule has 0 aromatic heterocycles. The summed E-state index contributed by atoms with van der Waals surface area (Å²) in [5, 5.41) is 5.41. The van der Waals surface area contributed by atoms with Gasteiger partial charge in [-0.05, 0) is 36.8 Å². The zero-order valence-corrected chi connectivity index (χ0v) is 17.5. The Balaban J connectivity index is 1.97. The van der Waals surface area contributed by atoms with E-state index in [1.165, 1.54) is 32.2 Å². The first-order valence-electron chi connectivity index (χ1n) is 9.59. The fraction of sp³-hybridized carbons (Fsp3) is 0.364. The quantitative estimate of drug-likeness (QED) is 0.623. The molecular formula is C22H25F3N2O4. The summed E-state index contributed by atoms with van der Waals surface area (Å²) in [6.07, 6.45) is -4.58. The van der Waals surface area contributed by atoms with Gasteiger partial charge < -0.3 is 20.1 Å². The maximum Gasteiger partial charge on any atom is 0.419 e. The lowest BCUT2D eigenvalue weighted by atomic mass is 10.0. The van der Waals surface area contributed by atoms with Crippen LogP contribution in [0.3, 0.4) is 0 Å². The Bertz CT molecular complexity index is 885. The van der Waals surface area contributed by atoms with E-state index >= 15 is 0 Å². The zero-order chi connectivity index (χ0) is 23.0. The number of para-hydroxylation sites is 1. The summed E-state index contributed by atoms with van der Waals surface area (Å²) >= 11 is 0. The van der Waals surface area contributed by atoms with Crippen LogP contribution in [0.2, 0.25) is 0 Å². The number of carbonyl (C=O) groups is 2. The smallest absolute Gasteiger partial charge is 0.419 e. The maximum absolute atomic E-state index is 13.0. The Morgan fingerprint density at radius 1 is 1.03 bits per heavy atom. The average Bonchev–Trinajstić information content (AvgIpc) is 2.71. The second kappa shape index (κ2) is 10.7. The largest absolute Gasteiger partial charge is 0.497 e. The van der Waals surface area contributed by atoms with Crippen LogP contribution in [0.1, 0.15) is 37.4 Å². The molecule has 9 heteroatoms. The second-order valence-electron chi connectivity index (χ2n) is 7.00. The Labute approximate surface area is 178 Å². The number of alkyl halides is 3. The molecule has 0 radical (unpaired) electrons. The van der Waals surface area contributed by atoms with Crippen molar-refractivity contribution in [2.24, 2.45) is 0 Å². The van der Waals surface area contributed by atoms with Crippen LogP contribution in [-0.4, -0.2) is 31.6 Å². The molecule has 2 rings (SSSR count). The Hall–Kier alpha value is -3.23.